The molecule has 0 spiro atoms. The molecule has 4 aromatic rings. The van der Waals surface area contributed by atoms with Gasteiger partial charge >= 0.3 is 0 Å². The number of carbonyl (C=O) groups excluding carboxylic acids is 1. The lowest BCUT2D eigenvalue weighted by molar-refractivity contribution is 0.0984. The van der Waals surface area contributed by atoms with Gasteiger partial charge in [-0.15, -0.1) is 0 Å². The molecule has 2 aromatic carbocycles. The van der Waals surface area contributed by atoms with Crippen molar-refractivity contribution in [2.24, 2.45) is 0 Å². The van der Waals surface area contributed by atoms with E-state index in [-0.39, 0.29) is 12.1 Å². The molecule has 152 valence electrons. The van der Waals surface area contributed by atoms with E-state index in [1.807, 2.05) is 31.2 Å². The number of halogens is 2. The number of nitrogens with zero attached hydrogens (tertiary/aromatic N) is 3. The summed E-state index contributed by atoms with van der Waals surface area (Å²) in [6.45, 7) is 2.63. The van der Waals surface area contributed by atoms with Gasteiger partial charge in [0.1, 0.15) is 5.75 Å². The van der Waals surface area contributed by atoms with Crippen LogP contribution in [-0.2, 0) is 6.54 Å². The van der Waals surface area contributed by atoms with Gasteiger partial charge < -0.3 is 4.74 Å². The molecule has 0 aliphatic carbocycles. The molecule has 0 aliphatic heterocycles. The van der Waals surface area contributed by atoms with Crippen molar-refractivity contribution in [2.75, 3.05) is 11.5 Å². The predicted molar refractivity (Wildman–Crippen MR) is 112 cm³/mol. The van der Waals surface area contributed by atoms with Crippen molar-refractivity contribution < 1.29 is 18.3 Å². The molecule has 0 atom stereocenters. The zero-order chi connectivity index (χ0) is 21.1. The molecule has 0 fully saturated rings. The first-order chi connectivity index (χ1) is 14.5. The van der Waals surface area contributed by atoms with Gasteiger partial charge in [0.2, 0.25) is 0 Å². The number of benzene rings is 2. The number of hydrogen-bond acceptors (Lipinski definition) is 5. The van der Waals surface area contributed by atoms with Crippen LogP contribution in [0.25, 0.3) is 10.2 Å². The minimum absolute atomic E-state index is 0.0343. The Balaban J connectivity index is 1.75. The smallest absolute Gasteiger partial charge is 0.260 e. The van der Waals surface area contributed by atoms with Gasteiger partial charge in [0.05, 0.1) is 23.4 Å². The van der Waals surface area contributed by atoms with E-state index in [0.717, 1.165) is 22.4 Å². The van der Waals surface area contributed by atoms with Gasteiger partial charge in [-0.2, -0.15) is 0 Å². The van der Waals surface area contributed by atoms with Gasteiger partial charge in [-0.3, -0.25) is 14.7 Å². The molecular formula is C22H17F2N3O2S. The number of fused-ring (bicyclic) bond motifs is 1. The van der Waals surface area contributed by atoms with Crippen molar-refractivity contribution in [3.63, 3.8) is 0 Å². The lowest BCUT2D eigenvalue weighted by Crippen LogP contribution is -2.30. The molecule has 0 N–H and O–H groups in total. The van der Waals surface area contributed by atoms with E-state index >= 15 is 0 Å². The van der Waals surface area contributed by atoms with Crippen LogP contribution in [0, 0.1) is 11.6 Å². The number of pyridine rings is 1. The molecule has 2 aromatic heterocycles. The number of amides is 1. The second-order valence-corrected chi connectivity index (χ2v) is 7.45. The van der Waals surface area contributed by atoms with E-state index in [1.54, 1.807) is 18.5 Å². The van der Waals surface area contributed by atoms with E-state index in [0.29, 0.717) is 23.0 Å². The van der Waals surface area contributed by atoms with Crippen molar-refractivity contribution in [2.45, 2.75) is 13.5 Å². The Morgan fingerprint density at radius 2 is 2.00 bits per heavy atom. The molecule has 0 unspecified atom stereocenters. The Bertz CT molecular complexity index is 1200. The normalized spacial score (nSPS) is 10.9. The Hall–Kier alpha value is -3.39. The number of anilines is 1. The van der Waals surface area contributed by atoms with Crippen molar-refractivity contribution in [1.82, 2.24) is 9.97 Å². The Labute approximate surface area is 175 Å². The summed E-state index contributed by atoms with van der Waals surface area (Å²) in [7, 11) is 0. The lowest BCUT2D eigenvalue weighted by atomic mass is 10.1. The molecule has 0 radical (unpaired) electrons. The van der Waals surface area contributed by atoms with Crippen molar-refractivity contribution >= 4 is 32.6 Å². The number of aromatic nitrogens is 2. The number of ether oxygens (including phenoxy) is 1. The highest BCUT2D eigenvalue weighted by atomic mass is 32.1. The molecule has 30 heavy (non-hydrogen) atoms. The average Bonchev–Trinajstić information content (AvgIpc) is 3.17. The number of hydrogen-bond donors (Lipinski definition) is 0. The summed E-state index contributed by atoms with van der Waals surface area (Å²) >= 11 is 1.32. The van der Waals surface area contributed by atoms with E-state index < -0.39 is 17.5 Å². The fourth-order valence-electron chi connectivity index (χ4n) is 2.95. The third-order valence-corrected chi connectivity index (χ3v) is 5.41. The highest BCUT2D eigenvalue weighted by molar-refractivity contribution is 7.22. The van der Waals surface area contributed by atoms with Crippen LogP contribution in [0.1, 0.15) is 22.8 Å². The Morgan fingerprint density at radius 1 is 1.13 bits per heavy atom. The van der Waals surface area contributed by atoms with Crippen molar-refractivity contribution in [3.05, 3.63) is 83.7 Å². The SMILES string of the molecule is CCOc1ccc2nc(N(Cc3cccnc3)C(=O)c3ccc(F)c(F)c3)sc2c1. The lowest BCUT2D eigenvalue weighted by Gasteiger charge is -2.20. The van der Waals surface area contributed by atoms with Gasteiger partial charge in [0.25, 0.3) is 5.91 Å². The number of thiazole rings is 1. The van der Waals surface area contributed by atoms with E-state index in [9.17, 15) is 13.6 Å². The molecule has 0 aliphatic rings. The van der Waals surface area contributed by atoms with Gasteiger partial charge in [-0.25, -0.2) is 13.8 Å². The fourth-order valence-corrected chi connectivity index (χ4v) is 3.94. The second kappa shape index (κ2) is 8.54. The Morgan fingerprint density at radius 3 is 2.73 bits per heavy atom. The monoisotopic (exact) mass is 425 g/mol. The van der Waals surface area contributed by atoms with Gasteiger partial charge in [-0.1, -0.05) is 17.4 Å². The quantitative estimate of drug-likeness (QED) is 0.425. The summed E-state index contributed by atoms with van der Waals surface area (Å²) < 4.78 is 33.5. The van der Waals surface area contributed by atoms with Gasteiger partial charge in [-0.05, 0) is 55.0 Å². The van der Waals surface area contributed by atoms with Gasteiger partial charge in [0.15, 0.2) is 16.8 Å². The molecule has 0 bridgehead atoms. The van der Waals surface area contributed by atoms with Crippen LogP contribution < -0.4 is 9.64 Å². The van der Waals surface area contributed by atoms with Crippen LogP contribution in [0.2, 0.25) is 0 Å². The summed E-state index contributed by atoms with van der Waals surface area (Å²) in [5.41, 5.74) is 1.53. The Kier molecular flexibility index (Phi) is 5.67. The molecule has 4 rings (SSSR count). The summed E-state index contributed by atoms with van der Waals surface area (Å²) in [5, 5.41) is 0.442. The molecule has 0 saturated carbocycles. The molecular weight excluding hydrogens is 408 g/mol. The summed E-state index contributed by atoms with van der Waals surface area (Å²) in [6.07, 6.45) is 3.28. The molecule has 0 saturated heterocycles. The summed E-state index contributed by atoms with van der Waals surface area (Å²) in [5.74, 6) is -1.85. The third-order valence-electron chi connectivity index (χ3n) is 4.37. The van der Waals surface area contributed by atoms with Gasteiger partial charge in [0, 0.05) is 18.0 Å². The van der Waals surface area contributed by atoms with Crippen LogP contribution >= 0.6 is 11.3 Å². The standard InChI is InChI=1S/C22H17F2N3O2S/c1-2-29-16-6-8-19-20(11-16)30-22(26-19)27(13-14-4-3-9-25-12-14)21(28)15-5-7-17(23)18(24)10-15/h3-12H,2,13H2,1H3. The molecule has 8 heteroatoms. The number of rotatable bonds is 6. The molecule has 2 heterocycles. The largest absolute Gasteiger partial charge is 0.494 e. The van der Waals surface area contributed by atoms with Crippen molar-refractivity contribution in [1.29, 1.82) is 0 Å². The predicted octanol–water partition coefficient (Wildman–Crippen LogP) is 5.22. The maximum atomic E-state index is 13.7. The van der Waals surface area contributed by atoms with Crippen LogP contribution in [0.5, 0.6) is 5.75 Å². The maximum Gasteiger partial charge on any atom is 0.260 e. The zero-order valence-corrected chi connectivity index (χ0v) is 16.8. The molecule has 1 amide bonds. The van der Waals surface area contributed by atoms with Crippen molar-refractivity contribution in [3.8, 4) is 5.75 Å². The minimum Gasteiger partial charge on any atom is -0.494 e. The van der Waals surface area contributed by atoms with Crippen LogP contribution in [-0.4, -0.2) is 22.5 Å². The third kappa shape index (κ3) is 4.13. The summed E-state index contributed by atoms with van der Waals surface area (Å²) in [4.78, 5) is 23.3. The van der Waals surface area contributed by atoms with E-state index in [4.69, 9.17) is 4.74 Å². The second-order valence-electron chi connectivity index (χ2n) is 6.44. The first kappa shape index (κ1) is 19.9. The van der Waals surface area contributed by atoms with Crippen LogP contribution in [0.15, 0.2) is 60.9 Å². The topological polar surface area (TPSA) is 55.3 Å². The maximum absolute atomic E-state index is 13.7. The van der Waals surface area contributed by atoms with E-state index in [2.05, 4.69) is 9.97 Å². The molecule has 5 nitrogen and oxygen atoms in total. The van der Waals surface area contributed by atoms with Crippen LogP contribution in [0.4, 0.5) is 13.9 Å². The first-order valence-corrected chi connectivity index (χ1v) is 10.1. The van der Waals surface area contributed by atoms with Crippen LogP contribution in [0.3, 0.4) is 0 Å². The number of carbonyl (C=O) groups is 1. The minimum atomic E-state index is -1.08. The summed E-state index contributed by atoms with van der Waals surface area (Å²) in [6, 6.07) is 12.2. The average molecular weight is 425 g/mol. The van der Waals surface area contributed by atoms with E-state index in [1.165, 1.54) is 22.3 Å². The zero-order valence-electron chi connectivity index (χ0n) is 16.0. The first-order valence-electron chi connectivity index (χ1n) is 9.24. The fraction of sp³-hybridized carbons (Fsp3) is 0.136. The highest BCUT2D eigenvalue weighted by Crippen LogP contribution is 2.33. The highest BCUT2D eigenvalue weighted by Gasteiger charge is 2.23.